The summed E-state index contributed by atoms with van der Waals surface area (Å²) >= 11 is 6.31. The average Bonchev–Trinajstić information content (AvgIpc) is 3.25. The van der Waals surface area contributed by atoms with Crippen LogP contribution in [0.25, 0.3) is 0 Å². The molecule has 2 unspecified atom stereocenters. The van der Waals surface area contributed by atoms with Gasteiger partial charge in [0, 0.05) is 39.2 Å². The molecule has 13 heteroatoms. The van der Waals surface area contributed by atoms with Crippen LogP contribution in [0.5, 0.6) is 0 Å². The van der Waals surface area contributed by atoms with Crippen molar-refractivity contribution < 1.29 is 35.8 Å². The van der Waals surface area contributed by atoms with Crippen molar-refractivity contribution in [3.05, 3.63) is 129 Å². The highest BCUT2D eigenvalue weighted by atomic mass is 35.5. The molecule has 4 aromatic rings. The molecule has 6 nitrogen and oxygen atoms in total. The molecule has 43 heavy (non-hydrogen) atoms. The van der Waals surface area contributed by atoms with Crippen molar-refractivity contribution in [1.82, 2.24) is 5.32 Å². The molecule has 222 valence electrons. The van der Waals surface area contributed by atoms with Gasteiger partial charge in [0.15, 0.2) is 0 Å². The normalized spacial score (nSPS) is 15.8. The van der Waals surface area contributed by atoms with E-state index in [4.69, 9.17) is 11.6 Å². The number of halogens is 6. The summed E-state index contributed by atoms with van der Waals surface area (Å²) in [5.74, 6) is -3.84. The fraction of sp³-hybridized carbons (Fsp3) is 0.133. The zero-order valence-corrected chi connectivity index (χ0v) is 23.7. The van der Waals surface area contributed by atoms with Gasteiger partial charge in [0.25, 0.3) is 11.8 Å². The minimum Gasteiger partial charge on any atom is -0.341 e. The van der Waals surface area contributed by atoms with E-state index in [1.807, 2.05) is 0 Å². The Hall–Kier alpha value is -4.29. The maximum atomic E-state index is 14.2. The summed E-state index contributed by atoms with van der Waals surface area (Å²) in [6, 6.07) is 15.2. The first-order valence-electron chi connectivity index (χ1n) is 12.6. The lowest BCUT2D eigenvalue weighted by Crippen LogP contribution is -2.21. The van der Waals surface area contributed by atoms with Crippen LogP contribution in [0, 0.1) is 11.6 Å². The van der Waals surface area contributed by atoms with E-state index >= 15 is 0 Å². The summed E-state index contributed by atoms with van der Waals surface area (Å²) in [6.45, 7) is 0. The first-order valence-corrected chi connectivity index (χ1v) is 15.0. The summed E-state index contributed by atoms with van der Waals surface area (Å²) in [7, 11) is -2.94. The first-order chi connectivity index (χ1) is 20.2. The monoisotopic (exact) mass is 633 g/mol. The van der Waals surface area contributed by atoms with Gasteiger partial charge >= 0.3 is 6.18 Å². The third-order valence-electron chi connectivity index (χ3n) is 6.54. The molecule has 0 aliphatic carbocycles. The Labute approximate surface area is 248 Å². The van der Waals surface area contributed by atoms with Crippen LogP contribution in [0.1, 0.15) is 49.0 Å². The molecule has 0 saturated heterocycles. The number of nitrogens with zero attached hydrogens (tertiary/aromatic N) is 1. The predicted molar refractivity (Wildman–Crippen MR) is 153 cm³/mol. The molecular formula is C30H21ClF5N3O3S. The molecule has 0 radical (unpaired) electrons. The molecule has 2 atom stereocenters. The Morgan fingerprint density at radius 3 is 2.42 bits per heavy atom. The number of amides is 2. The Balaban J connectivity index is 1.63. The molecule has 1 aliphatic heterocycles. The van der Waals surface area contributed by atoms with Crippen molar-refractivity contribution in [1.29, 1.82) is 0 Å². The Morgan fingerprint density at radius 2 is 1.72 bits per heavy atom. The molecule has 0 saturated carbocycles. The fourth-order valence-corrected chi connectivity index (χ4v) is 6.43. The van der Waals surface area contributed by atoms with Gasteiger partial charge in [-0.25, -0.2) is 13.0 Å². The lowest BCUT2D eigenvalue weighted by atomic mass is 9.94. The van der Waals surface area contributed by atoms with Gasteiger partial charge in [0.1, 0.15) is 11.6 Å². The highest BCUT2D eigenvalue weighted by Gasteiger charge is 2.36. The number of fused-ring (bicyclic) bond motifs is 1. The summed E-state index contributed by atoms with van der Waals surface area (Å²) in [5.41, 5.74) is -0.983. The van der Waals surface area contributed by atoms with Gasteiger partial charge in [-0.2, -0.15) is 17.5 Å². The van der Waals surface area contributed by atoms with E-state index in [9.17, 15) is 35.8 Å². The van der Waals surface area contributed by atoms with Crippen molar-refractivity contribution in [2.45, 2.75) is 18.0 Å². The number of anilines is 1. The molecule has 4 aromatic carbocycles. The van der Waals surface area contributed by atoms with E-state index in [0.29, 0.717) is 23.4 Å². The van der Waals surface area contributed by atoms with E-state index in [1.165, 1.54) is 24.5 Å². The van der Waals surface area contributed by atoms with Gasteiger partial charge in [0.05, 0.1) is 32.8 Å². The fourth-order valence-electron chi connectivity index (χ4n) is 4.78. The number of benzene rings is 4. The summed E-state index contributed by atoms with van der Waals surface area (Å²) < 4.78 is 86.0. The smallest absolute Gasteiger partial charge is 0.341 e. The summed E-state index contributed by atoms with van der Waals surface area (Å²) in [6.07, 6.45) is -3.51. The summed E-state index contributed by atoms with van der Waals surface area (Å²) in [5, 5.41) is 5.25. The van der Waals surface area contributed by atoms with E-state index in [1.54, 1.807) is 30.3 Å². The SMILES string of the molecule is CS(=O)(Cc1cc(NC(=O)c2cc(F)cc(C(F)(F)F)c2)c2c(c1)C(=O)NC2c1cc(F)ccc1Cl)=Nc1ccccc1. The molecule has 2 N–H and O–H groups in total. The highest BCUT2D eigenvalue weighted by molar-refractivity contribution is 7.92. The minimum absolute atomic E-state index is 0.0308. The first kappa shape index (κ1) is 30.2. The largest absolute Gasteiger partial charge is 0.416 e. The number of hydrogen-bond acceptors (Lipinski definition) is 4. The lowest BCUT2D eigenvalue weighted by molar-refractivity contribution is -0.137. The number of nitrogens with one attached hydrogen (secondary N) is 2. The van der Waals surface area contributed by atoms with E-state index in [0.717, 1.165) is 12.1 Å². The standard InChI is InChI=1S/C30H21ClF5N3O3S/c1-43(42,39-21-5-3-2-4-6-21)15-16-9-23-26(27(38-29(23)41)22-14-19(32)7-8-24(22)31)25(10-16)37-28(40)17-11-18(30(34,35)36)13-20(33)12-17/h2-14,27H,15H2,1H3,(H,37,40)(H,38,41). The maximum absolute atomic E-state index is 14.2. The lowest BCUT2D eigenvalue weighted by Gasteiger charge is -2.19. The van der Waals surface area contributed by atoms with Crippen LogP contribution >= 0.6 is 11.6 Å². The van der Waals surface area contributed by atoms with Gasteiger partial charge in [-0.1, -0.05) is 29.8 Å². The maximum Gasteiger partial charge on any atom is 0.416 e. The predicted octanol–water partition coefficient (Wildman–Crippen LogP) is 7.65. The van der Waals surface area contributed by atoms with Crippen molar-refractivity contribution >= 4 is 44.5 Å². The van der Waals surface area contributed by atoms with Gasteiger partial charge in [0.2, 0.25) is 0 Å². The third-order valence-corrected chi connectivity index (χ3v) is 8.35. The minimum atomic E-state index is -4.92. The van der Waals surface area contributed by atoms with Crippen LogP contribution in [0.4, 0.5) is 33.3 Å². The zero-order valence-electron chi connectivity index (χ0n) is 22.1. The second kappa shape index (κ2) is 11.4. The van der Waals surface area contributed by atoms with Crippen molar-refractivity contribution in [2.75, 3.05) is 11.6 Å². The van der Waals surface area contributed by atoms with Crippen LogP contribution in [0.15, 0.2) is 83.2 Å². The molecule has 0 fully saturated rings. The molecule has 2 amide bonds. The van der Waals surface area contributed by atoms with Gasteiger partial charge in [-0.3, -0.25) is 9.59 Å². The van der Waals surface area contributed by atoms with Crippen LogP contribution in [0.3, 0.4) is 0 Å². The number of carbonyl (C=O) groups is 2. The molecule has 0 aromatic heterocycles. The highest BCUT2D eigenvalue weighted by Crippen LogP contribution is 2.41. The quantitative estimate of drug-likeness (QED) is 0.214. The molecule has 0 bridgehead atoms. The third kappa shape index (κ3) is 6.70. The number of alkyl halides is 3. The second-order valence-corrected chi connectivity index (χ2v) is 12.7. The molecular weight excluding hydrogens is 613 g/mol. The Morgan fingerprint density at radius 1 is 1.00 bits per heavy atom. The number of hydrogen-bond donors (Lipinski definition) is 2. The molecule has 1 aliphatic rings. The van der Waals surface area contributed by atoms with E-state index < -0.39 is 56.5 Å². The van der Waals surface area contributed by atoms with Crippen molar-refractivity contribution in [2.24, 2.45) is 4.36 Å². The van der Waals surface area contributed by atoms with Gasteiger partial charge in [-0.15, -0.1) is 0 Å². The molecule has 5 rings (SSSR count). The van der Waals surface area contributed by atoms with E-state index in [2.05, 4.69) is 15.0 Å². The Bertz CT molecular complexity index is 1890. The van der Waals surface area contributed by atoms with Crippen molar-refractivity contribution in [3.63, 3.8) is 0 Å². The van der Waals surface area contributed by atoms with E-state index in [-0.39, 0.29) is 39.2 Å². The zero-order chi connectivity index (χ0) is 31.1. The van der Waals surface area contributed by atoms with Crippen LogP contribution in [-0.2, 0) is 21.7 Å². The molecule has 1 heterocycles. The topological polar surface area (TPSA) is 87.6 Å². The van der Waals surface area contributed by atoms with Crippen molar-refractivity contribution in [3.8, 4) is 0 Å². The van der Waals surface area contributed by atoms with Crippen LogP contribution < -0.4 is 10.6 Å². The Kier molecular flexibility index (Phi) is 8.01. The van der Waals surface area contributed by atoms with Gasteiger partial charge in [-0.05, 0) is 66.2 Å². The number of carbonyl (C=O) groups excluding carboxylic acids is 2. The summed E-state index contributed by atoms with van der Waals surface area (Å²) in [4.78, 5) is 26.3. The van der Waals surface area contributed by atoms with Gasteiger partial charge < -0.3 is 10.6 Å². The average molecular weight is 634 g/mol. The van der Waals surface area contributed by atoms with Crippen LogP contribution in [0.2, 0.25) is 5.02 Å². The number of rotatable bonds is 6. The second-order valence-electron chi connectivity index (χ2n) is 9.89. The molecule has 0 spiro atoms. The van der Waals surface area contributed by atoms with Crippen LogP contribution in [-0.4, -0.2) is 22.3 Å².